The summed E-state index contributed by atoms with van der Waals surface area (Å²) < 4.78 is 0. The van der Waals surface area contributed by atoms with Gasteiger partial charge in [0.15, 0.2) is 5.65 Å². The van der Waals surface area contributed by atoms with E-state index in [0.717, 1.165) is 16.6 Å². The Hall–Kier alpha value is -2.95. The third-order valence-corrected chi connectivity index (χ3v) is 2.87. The molecule has 0 bridgehead atoms. The number of rotatable bonds is 3. The molecule has 98 valence electrons. The van der Waals surface area contributed by atoms with Crippen LogP contribution in [0, 0.1) is 0 Å². The summed E-state index contributed by atoms with van der Waals surface area (Å²) in [5, 5.41) is 9.81. The summed E-state index contributed by atoms with van der Waals surface area (Å²) in [6.45, 7) is 0. The fourth-order valence-corrected chi connectivity index (χ4v) is 1.87. The standard InChI is InChI=1S/C15H11N3O2/c19-15(20)13-8-10(9-17-13)3-5-12-6-4-11-2-1-7-16-14(11)18-12/h1-9,17H,(H,19,20)/b5-3+. The molecule has 0 fully saturated rings. The molecule has 0 saturated heterocycles. The van der Waals surface area contributed by atoms with Crippen molar-refractivity contribution in [1.29, 1.82) is 0 Å². The van der Waals surface area contributed by atoms with Crippen molar-refractivity contribution in [3.05, 3.63) is 59.7 Å². The van der Waals surface area contributed by atoms with Crippen LogP contribution in [0.2, 0.25) is 0 Å². The van der Waals surface area contributed by atoms with E-state index in [9.17, 15) is 4.79 Å². The van der Waals surface area contributed by atoms with Gasteiger partial charge in [-0.2, -0.15) is 0 Å². The number of nitrogens with zero attached hydrogens (tertiary/aromatic N) is 2. The molecule has 3 aromatic rings. The molecule has 0 spiro atoms. The van der Waals surface area contributed by atoms with Gasteiger partial charge < -0.3 is 10.1 Å². The first kappa shape index (κ1) is 12.1. The van der Waals surface area contributed by atoms with Gasteiger partial charge in [-0.15, -0.1) is 0 Å². The number of aromatic nitrogens is 3. The summed E-state index contributed by atoms with van der Waals surface area (Å²) >= 11 is 0. The molecule has 0 radical (unpaired) electrons. The van der Waals surface area contributed by atoms with E-state index in [-0.39, 0.29) is 5.69 Å². The molecule has 2 N–H and O–H groups in total. The van der Waals surface area contributed by atoms with E-state index in [4.69, 9.17) is 5.11 Å². The minimum Gasteiger partial charge on any atom is -0.477 e. The zero-order valence-corrected chi connectivity index (χ0v) is 10.4. The third-order valence-electron chi connectivity index (χ3n) is 2.87. The van der Waals surface area contributed by atoms with E-state index in [2.05, 4.69) is 15.0 Å². The lowest BCUT2D eigenvalue weighted by Crippen LogP contribution is -1.94. The number of aromatic carboxylic acids is 1. The first-order chi connectivity index (χ1) is 9.72. The molecule has 0 unspecified atom stereocenters. The lowest BCUT2D eigenvalue weighted by molar-refractivity contribution is 0.0691. The molecular weight excluding hydrogens is 254 g/mol. The summed E-state index contributed by atoms with van der Waals surface area (Å²) in [7, 11) is 0. The van der Waals surface area contributed by atoms with Crippen molar-refractivity contribution in [2.24, 2.45) is 0 Å². The fraction of sp³-hybridized carbons (Fsp3) is 0. The highest BCUT2D eigenvalue weighted by Crippen LogP contribution is 2.12. The van der Waals surface area contributed by atoms with E-state index >= 15 is 0 Å². The molecule has 20 heavy (non-hydrogen) atoms. The molecule has 0 aromatic carbocycles. The maximum Gasteiger partial charge on any atom is 0.352 e. The van der Waals surface area contributed by atoms with E-state index in [1.54, 1.807) is 24.5 Å². The number of hydrogen-bond acceptors (Lipinski definition) is 3. The third kappa shape index (κ3) is 2.42. The Morgan fingerprint density at radius 3 is 2.95 bits per heavy atom. The highest BCUT2D eigenvalue weighted by molar-refractivity contribution is 5.87. The predicted octanol–water partition coefficient (Wildman–Crippen LogP) is 2.83. The average Bonchev–Trinajstić information content (AvgIpc) is 2.94. The van der Waals surface area contributed by atoms with Crippen LogP contribution in [0.4, 0.5) is 0 Å². The zero-order valence-electron chi connectivity index (χ0n) is 10.4. The summed E-state index contributed by atoms with van der Waals surface area (Å²) in [4.78, 5) is 22.0. The SMILES string of the molecule is O=C(O)c1cc(/C=C/c2ccc3cccnc3n2)c[nH]1. The van der Waals surface area contributed by atoms with Gasteiger partial charge >= 0.3 is 5.97 Å². The number of hydrogen-bond donors (Lipinski definition) is 2. The van der Waals surface area contributed by atoms with Gasteiger partial charge in [-0.25, -0.2) is 14.8 Å². The summed E-state index contributed by atoms with van der Waals surface area (Å²) in [6, 6.07) is 9.24. The molecule has 3 aromatic heterocycles. The van der Waals surface area contributed by atoms with Crippen molar-refractivity contribution < 1.29 is 9.90 Å². The molecule has 0 aliphatic carbocycles. The van der Waals surface area contributed by atoms with E-state index < -0.39 is 5.97 Å². The van der Waals surface area contributed by atoms with E-state index in [0.29, 0.717) is 5.65 Å². The summed E-state index contributed by atoms with van der Waals surface area (Å²) in [5.41, 5.74) is 2.41. The number of carbonyl (C=O) groups is 1. The fourth-order valence-electron chi connectivity index (χ4n) is 1.87. The highest BCUT2D eigenvalue weighted by atomic mass is 16.4. The Bertz CT molecular complexity index is 805. The second-order valence-corrected chi connectivity index (χ2v) is 4.27. The van der Waals surface area contributed by atoms with Crippen LogP contribution in [-0.4, -0.2) is 26.0 Å². The van der Waals surface area contributed by atoms with Gasteiger partial charge in [-0.05, 0) is 42.0 Å². The maximum atomic E-state index is 10.8. The zero-order chi connectivity index (χ0) is 13.9. The Balaban J connectivity index is 1.87. The first-order valence-corrected chi connectivity index (χ1v) is 6.04. The number of carboxylic acids is 1. The van der Waals surface area contributed by atoms with Crippen molar-refractivity contribution in [3.63, 3.8) is 0 Å². The van der Waals surface area contributed by atoms with Crippen molar-refractivity contribution in [2.75, 3.05) is 0 Å². The molecule has 3 rings (SSSR count). The normalized spacial score (nSPS) is 11.2. The Morgan fingerprint density at radius 2 is 2.15 bits per heavy atom. The lowest BCUT2D eigenvalue weighted by Gasteiger charge is -1.96. The van der Waals surface area contributed by atoms with Crippen molar-refractivity contribution in [3.8, 4) is 0 Å². The van der Waals surface area contributed by atoms with E-state index in [1.165, 1.54) is 0 Å². The predicted molar refractivity (Wildman–Crippen MR) is 76.2 cm³/mol. The molecule has 0 aliphatic rings. The average molecular weight is 265 g/mol. The molecular formula is C15H11N3O2. The van der Waals surface area contributed by atoms with Crippen molar-refractivity contribution in [1.82, 2.24) is 15.0 Å². The number of H-pyrrole nitrogens is 1. The Morgan fingerprint density at radius 1 is 1.25 bits per heavy atom. The van der Waals surface area contributed by atoms with Gasteiger partial charge in [0.2, 0.25) is 0 Å². The number of aromatic amines is 1. The first-order valence-electron chi connectivity index (χ1n) is 6.04. The second kappa shape index (κ2) is 4.97. The maximum absolute atomic E-state index is 10.8. The van der Waals surface area contributed by atoms with Crippen molar-refractivity contribution >= 4 is 29.2 Å². The van der Waals surface area contributed by atoms with Crippen LogP contribution in [0.25, 0.3) is 23.2 Å². The molecule has 5 nitrogen and oxygen atoms in total. The van der Waals surface area contributed by atoms with Gasteiger partial charge in [0, 0.05) is 17.8 Å². The van der Waals surface area contributed by atoms with E-state index in [1.807, 2.05) is 30.3 Å². The van der Waals surface area contributed by atoms with Crippen LogP contribution in [0.15, 0.2) is 42.7 Å². The number of nitrogens with one attached hydrogen (secondary N) is 1. The van der Waals surface area contributed by atoms with Crippen LogP contribution in [-0.2, 0) is 0 Å². The second-order valence-electron chi connectivity index (χ2n) is 4.27. The topological polar surface area (TPSA) is 78.9 Å². The Kier molecular flexibility index (Phi) is 3.01. The molecule has 3 heterocycles. The number of carboxylic acid groups (broad SMARTS) is 1. The summed E-state index contributed by atoms with van der Waals surface area (Å²) in [5.74, 6) is -0.974. The van der Waals surface area contributed by atoms with Gasteiger partial charge in [0.1, 0.15) is 5.69 Å². The van der Waals surface area contributed by atoms with Gasteiger partial charge in [-0.1, -0.05) is 6.08 Å². The minimum atomic E-state index is -0.974. The number of pyridine rings is 2. The van der Waals surface area contributed by atoms with Crippen LogP contribution in [0.5, 0.6) is 0 Å². The van der Waals surface area contributed by atoms with Crippen LogP contribution in [0.3, 0.4) is 0 Å². The Labute approximate surface area is 114 Å². The van der Waals surface area contributed by atoms with Gasteiger partial charge in [0.25, 0.3) is 0 Å². The molecule has 0 saturated carbocycles. The molecule has 0 aliphatic heterocycles. The van der Waals surface area contributed by atoms with Crippen molar-refractivity contribution in [2.45, 2.75) is 0 Å². The minimum absolute atomic E-state index is 0.165. The quantitative estimate of drug-likeness (QED) is 0.763. The monoisotopic (exact) mass is 265 g/mol. The molecule has 5 heteroatoms. The largest absolute Gasteiger partial charge is 0.477 e. The smallest absolute Gasteiger partial charge is 0.352 e. The van der Waals surface area contributed by atoms with Crippen LogP contribution >= 0.6 is 0 Å². The highest BCUT2D eigenvalue weighted by Gasteiger charge is 2.03. The molecule has 0 atom stereocenters. The molecule has 0 amide bonds. The van der Waals surface area contributed by atoms with Gasteiger partial charge in [-0.3, -0.25) is 0 Å². The van der Waals surface area contributed by atoms with Gasteiger partial charge in [0.05, 0.1) is 5.69 Å². The summed E-state index contributed by atoms with van der Waals surface area (Å²) in [6.07, 6.45) is 6.97. The van der Waals surface area contributed by atoms with Crippen LogP contribution in [0.1, 0.15) is 21.7 Å². The lowest BCUT2D eigenvalue weighted by atomic mass is 10.2. The number of fused-ring (bicyclic) bond motifs is 1. The van der Waals surface area contributed by atoms with Crippen LogP contribution < -0.4 is 0 Å².